The second-order valence-electron chi connectivity index (χ2n) is 4.73. The fourth-order valence-electron chi connectivity index (χ4n) is 1.92. The van der Waals surface area contributed by atoms with Crippen LogP contribution in [0.2, 0.25) is 0 Å². The molecule has 0 saturated heterocycles. The molecule has 4 heteroatoms. The number of hydrogen-bond donors (Lipinski definition) is 1. The van der Waals surface area contributed by atoms with Crippen LogP contribution in [0.3, 0.4) is 0 Å². The maximum absolute atomic E-state index is 13.6. The second-order valence-corrected chi connectivity index (χ2v) is 4.73. The molecule has 0 aliphatic rings. The topological polar surface area (TPSA) is 29.1 Å². The van der Waals surface area contributed by atoms with Crippen LogP contribution in [0.1, 0.15) is 34.5 Å². The molecule has 20 heavy (non-hydrogen) atoms. The van der Waals surface area contributed by atoms with Crippen molar-refractivity contribution in [2.75, 3.05) is 0 Å². The van der Waals surface area contributed by atoms with Crippen molar-refractivity contribution in [2.45, 2.75) is 19.9 Å². The molecule has 2 aromatic carbocycles. The van der Waals surface area contributed by atoms with Gasteiger partial charge in [-0.3, -0.25) is 4.79 Å². The molecular weight excluding hydrogens is 260 g/mol. The van der Waals surface area contributed by atoms with Crippen LogP contribution in [0.4, 0.5) is 8.78 Å². The van der Waals surface area contributed by atoms with Crippen molar-refractivity contribution >= 4 is 5.91 Å². The predicted octanol–water partition coefficient (Wildman–Crippen LogP) is 3.76. The molecule has 0 spiro atoms. The van der Waals surface area contributed by atoms with E-state index in [1.165, 1.54) is 24.3 Å². The fourth-order valence-corrected chi connectivity index (χ4v) is 1.92. The predicted molar refractivity (Wildman–Crippen MR) is 73.4 cm³/mol. The Bertz CT molecular complexity index is 623. The molecule has 0 heterocycles. The van der Waals surface area contributed by atoms with Crippen molar-refractivity contribution in [3.8, 4) is 0 Å². The highest BCUT2D eigenvalue weighted by Crippen LogP contribution is 2.15. The first-order chi connectivity index (χ1) is 9.47. The number of hydrogen-bond acceptors (Lipinski definition) is 1. The van der Waals surface area contributed by atoms with E-state index in [1.54, 1.807) is 32.0 Å². The number of amides is 1. The smallest absolute Gasteiger partial charge is 0.254 e. The highest BCUT2D eigenvalue weighted by atomic mass is 19.1. The van der Waals surface area contributed by atoms with Gasteiger partial charge in [-0.25, -0.2) is 8.78 Å². The van der Waals surface area contributed by atoms with E-state index in [2.05, 4.69) is 5.32 Å². The molecule has 1 atom stereocenters. The normalized spacial score (nSPS) is 12.0. The lowest BCUT2D eigenvalue weighted by Gasteiger charge is -2.15. The lowest BCUT2D eigenvalue weighted by Crippen LogP contribution is -2.27. The van der Waals surface area contributed by atoms with E-state index in [4.69, 9.17) is 0 Å². The summed E-state index contributed by atoms with van der Waals surface area (Å²) in [5.41, 5.74) is 1.58. The molecule has 0 saturated carbocycles. The van der Waals surface area contributed by atoms with Crippen molar-refractivity contribution in [1.82, 2.24) is 5.32 Å². The number of benzene rings is 2. The van der Waals surface area contributed by atoms with Crippen molar-refractivity contribution in [2.24, 2.45) is 0 Å². The van der Waals surface area contributed by atoms with Gasteiger partial charge in [0.15, 0.2) is 0 Å². The molecule has 0 radical (unpaired) electrons. The Morgan fingerprint density at radius 3 is 2.40 bits per heavy atom. The van der Waals surface area contributed by atoms with E-state index in [9.17, 15) is 13.6 Å². The molecule has 1 unspecified atom stereocenters. The van der Waals surface area contributed by atoms with Gasteiger partial charge in [0, 0.05) is 0 Å². The number of carbonyl (C=O) groups is 1. The SMILES string of the molecule is Cc1ccc(F)c(C(=O)NC(C)c2ccc(F)cc2)c1. The highest BCUT2D eigenvalue weighted by molar-refractivity contribution is 5.94. The standard InChI is InChI=1S/C16H15F2NO/c1-10-3-8-15(18)14(9-10)16(20)19-11(2)12-4-6-13(17)7-5-12/h3-9,11H,1-2H3,(H,19,20). The Labute approximate surface area is 116 Å². The second kappa shape index (κ2) is 5.82. The summed E-state index contributed by atoms with van der Waals surface area (Å²) in [6, 6.07) is 9.88. The summed E-state index contributed by atoms with van der Waals surface area (Å²) in [5, 5.41) is 2.70. The lowest BCUT2D eigenvalue weighted by molar-refractivity contribution is 0.0935. The summed E-state index contributed by atoms with van der Waals surface area (Å²) >= 11 is 0. The molecule has 1 N–H and O–H groups in total. The first kappa shape index (κ1) is 14.2. The van der Waals surface area contributed by atoms with E-state index in [0.29, 0.717) is 0 Å². The number of aryl methyl sites for hydroxylation is 1. The summed E-state index contributed by atoms with van der Waals surface area (Å²) in [4.78, 5) is 12.0. The molecule has 0 aromatic heterocycles. The fraction of sp³-hybridized carbons (Fsp3) is 0.188. The Kier molecular flexibility index (Phi) is 4.13. The zero-order valence-electron chi connectivity index (χ0n) is 11.3. The van der Waals surface area contributed by atoms with Crippen molar-refractivity contribution in [3.05, 3.63) is 70.8 Å². The van der Waals surface area contributed by atoms with Crippen LogP contribution < -0.4 is 5.32 Å². The minimum absolute atomic E-state index is 0.0129. The molecule has 1 amide bonds. The molecule has 0 bridgehead atoms. The van der Waals surface area contributed by atoms with Crippen LogP contribution in [0.15, 0.2) is 42.5 Å². The molecular formula is C16H15F2NO. The van der Waals surface area contributed by atoms with E-state index >= 15 is 0 Å². The van der Waals surface area contributed by atoms with Crippen molar-refractivity contribution < 1.29 is 13.6 Å². The van der Waals surface area contributed by atoms with E-state index < -0.39 is 11.7 Å². The zero-order valence-corrected chi connectivity index (χ0v) is 11.3. The summed E-state index contributed by atoms with van der Waals surface area (Å²) in [6.45, 7) is 3.55. The number of halogens is 2. The average Bonchev–Trinajstić information content (AvgIpc) is 2.42. The van der Waals surface area contributed by atoms with Crippen molar-refractivity contribution in [1.29, 1.82) is 0 Å². The third-order valence-corrected chi connectivity index (χ3v) is 3.08. The number of rotatable bonds is 3. The molecule has 104 valence electrons. The molecule has 0 fully saturated rings. The quantitative estimate of drug-likeness (QED) is 0.907. The van der Waals surface area contributed by atoms with Crippen LogP contribution in [0, 0.1) is 18.6 Å². The summed E-state index contributed by atoms with van der Waals surface area (Å²) in [5.74, 6) is -1.38. The number of carbonyl (C=O) groups excluding carboxylic acids is 1. The van der Waals surface area contributed by atoms with Gasteiger partial charge in [0.25, 0.3) is 5.91 Å². The Morgan fingerprint density at radius 2 is 1.75 bits per heavy atom. The summed E-state index contributed by atoms with van der Waals surface area (Å²) < 4.78 is 26.5. The molecule has 2 aromatic rings. The average molecular weight is 275 g/mol. The van der Waals surface area contributed by atoms with E-state index in [-0.39, 0.29) is 17.4 Å². The van der Waals surface area contributed by atoms with Gasteiger partial charge < -0.3 is 5.32 Å². The lowest BCUT2D eigenvalue weighted by atomic mass is 10.1. The summed E-state index contributed by atoms with van der Waals surface area (Å²) in [7, 11) is 0. The summed E-state index contributed by atoms with van der Waals surface area (Å²) in [6.07, 6.45) is 0. The van der Waals surface area contributed by atoms with Gasteiger partial charge in [-0.05, 0) is 43.7 Å². The Morgan fingerprint density at radius 1 is 1.10 bits per heavy atom. The zero-order chi connectivity index (χ0) is 14.7. The van der Waals surface area contributed by atoms with Gasteiger partial charge in [0.05, 0.1) is 11.6 Å². The maximum atomic E-state index is 13.6. The first-order valence-electron chi connectivity index (χ1n) is 6.30. The number of nitrogens with one attached hydrogen (secondary N) is 1. The molecule has 2 nitrogen and oxygen atoms in total. The van der Waals surface area contributed by atoms with Crippen LogP contribution in [-0.2, 0) is 0 Å². The minimum atomic E-state index is -0.556. The van der Waals surface area contributed by atoms with Gasteiger partial charge in [0.2, 0.25) is 0 Å². The van der Waals surface area contributed by atoms with E-state index in [0.717, 1.165) is 11.1 Å². The largest absolute Gasteiger partial charge is 0.345 e. The van der Waals surface area contributed by atoms with Gasteiger partial charge in [-0.15, -0.1) is 0 Å². The van der Waals surface area contributed by atoms with Gasteiger partial charge in [-0.1, -0.05) is 23.8 Å². The van der Waals surface area contributed by atoms with Crippen LogP contribution in [0.5, 0.6) is 0 Å². The Hall–Kier alpha value is -2.23. The maximum Gasteiger partial charge on any atom is 0.254 e. The van der Waals surface area contributed by atoms with Crippen LogP contribution in [0.25, 0.3) is 0 Å². The third kappa shape index (κ3) is 3.20. The van der Waals surface area contributed by atoms with Gasteiger partial charge >= 0.3 is 0 Å². The molecule has 0 aliphatic carbocycles. The van der Waals surface area contributed by atoms with Crippen LogP contribution >= 0.6 is 0 Å². The first-order valence-corrected chi connectivity index (χ1v) is 6.30. The van der Waals surface area contributed by atoms with Gasteiger partial charge in [-0.2, -0.15) is 0 Å². The highest BCUT2D eigenvalue weighted by Gasteiger charge is 2.15. The van der Waals surface area contributed by atoms with Crippen LogP contribution in [-0.4, -0.2) is 5.91 Å². The Balaban J connectivity index is 2.15. The minimum Gasteiger partial charge on any atom is -0.345 e. The van der Waals surface area contributed by atoms with E-state index in [1.807, 2.05) is 0 Å². The third-order valence-electron chi connectivity index (χ3n) is 3.08. The molecule has 0 aliphatic heterocycles. The monoisotopic (exact) mass is 275 g/mol. The van der Waals surface area contributed by atoms with Crippen molar-refractivity contribution in [3.63, 3.8) is 0 Å². The van der Waals surface area contributed by atoms with Gasteiger partial charge in [0.1, 0.15) is 11.6 Å². The molecule has 2 rings (SSSR count).